The van der Waals surface area contributed by atoms with Crippen molar-refractivity contribution in [3.8, 4) is 11.3 Å². The van der Waals surface area contributed by atoms with Gasteiger partial charge < -0.3 is 14.7 Å². The first-order valence-electron chi connectivity index (χ1n) is 9.76. The number of nitrogens with zero attached hydrogens (tertiary/aromatic N) is 6. The molecule has 0 saturated carbocycles. The SMILES string of the molecule is CC(=O)N1CCN(C(=O)CN(C)c2c(-c3ccc(F)cc3)nc3cnccn23)CC1. The molecule has 0 radical (unpaired) electrons. The third-order valence-electron chi connectivity index (χ3n) is 5.33. The first-order chi connectivity index (χ1) is 14.4. The second-order valence-corrected chi connectivity index (χ2v) is 7.34. The van der Waals surface area contributed by atoms with E-state index in [1.165, 1.54) is 12.1 Å². The van der Waals surface area contributed by atoms with Gasteiger partial charge in [0.05, 0.1) is 12.7 Å². The number of benzene rings is 1. The van der Waals surface area contributed by atoms with E-state index in [4.69, 9.17) is 0 Å². The minimum Gasteiger partial charge on any atom is -0.350 e. The molecule has 1 aliphatic heterocycles. The summed E-state index contributed by atoms with van der Waals surface area (Å²) < 4.78 is 15.3. The summed E-state index contributed by atoms with van der Waals surface area (Å²) in [7, 11) is 1.83. The van der Waals surface area contributed by atoms with Crippen molar-refractivity contribution in [2.75, 3.05) is 44.7 Å². The monoisotopic (exact) mass is 410 g/mol. The Labute approximate surface area is 173 Å². The van der Waals surface area contributed by atoms with Crippen LogP contribution in [0.4, 0.5) is 10.2 Å². The Balaban J connectivity index is 1.59. The Hall–Kier alpha value is -3.49. The van der Waals surface area contributed by atoms with Crippen LogP contribution < -0.4 is 4.90 Å². The maximum absolute atomic E-state index is 13.4. The molecule has 8 nitrogen and oxygen atoms in total. The molecule has 0 atom stereocenters. The van der Waals surface area contributed by atoms with Crippen molar-refractivity contribution in [1.82, 2.24) is 24.2 Å². The third-order valence-corrected chi connectivity index (χ3v) is 5.33. The Morgan fingerprint density at radius 3 is 2.43 bits per heavy atom. The number of carbonyl (C=O) groups is 2. The molecule has 1 aromatic carbocycles. The van der Waals surface area contributed by atoms with Crippen molar-refractivity contribution in [2.45, 2.75) is 6.92 Å². The predicted molar refractivity (Wildman–Crippen MR) is 110 cm³/mol. The molecule has 4 rings (SSSR count). The van der Waals surface area contributed by atoms with E-state index in [-0.39, 0.29) is 24.2 Å². The van der Waals surface area contributed by atoms with E-state index in [2.05, 4.69) is 9.97 Å². The standard InChI is InChI=1S/C21H23FN6O2/c1-15(29)26-9-11-27(12-10-26)19(30)14-25(2)21-20(16-3-5-17(22)6-4-16)24-18-13-23-7-8-28(18)21/h3-8,13H,9-12,14H2,1-2H3. The zero-order valence-electron chi connectivity index (χ0n) is 17.0. The molecular weight excluding hydrogens is 387 g/mol. The maximum atomic E-state index is 13.4. The third kappa shape index (κ3) is 3.83. The molecule has 2 aromatic heterocycles. The molecule has 2 amide bonds. The highest BCUT2D eigenvalue weighted by atomic mass is 19.1. The van der Waals surface area contributed by atoms with Gasteiger partial charge in [-0.3, -0.25) is 19.0 Å². The molecule has 0 aliphatic carbocycles. The number of rotatable bonds is 4. The van der Waals surface area contributed by atoms with Gasteiger partial charge in [0.2, 0.25) is 11.8 Å². The smallest absolute Gasteiger partial charge is 0.242 e. The van der Waals surface area contributed by atoms with Gasteiger partial charge in [-0.1, -0.05) is 0 Å². The maximum Gasteiger partial charge on any atom is 0.242 e. The van der Waals surface area contributed by atoms with Crippen molar-refractivity contribution in [1.29, 1.82) is 0 Å². The average molecular weight is 410 g/mol. The Bertz CT molecular complexity index is 1070. The number of aromatic nitrogens is 3. The van der Waals surface area contributed by atoms with Crippen LogP contribution >= 0.6 is 0 Å². The number of piperazine rings is 1. The fourth-order valence-electron chi connectivity index (χ4n) is 3.71. The molecule has 0 spiro atoms. The molecule has 0 bridgehead atoms. The molecule has 0 unspecified atom stereocenters. The summed E-state index contributed by atoms with van der Waals surface area (Å²) in [6.07, 6.45) is 5.09. The lowest BCUT2D eigenvalue weighted by Crippen LogP contribution is -2.52. The first kappa shape index (κ1) is 19.8. The molecule has 1 aliphatic rings. The quantitative estimate of drug-likeness (QED) is 0.654. The van der Waals surface area contributed by atoms with E-state index in [0.717, 1.165) is 11.4 Å². The summed E-state index contributed by atoms with van der Waals surface area (Å²) in [6.45, 7) is 3.84. The highest BCUT2D eigenvalue weighted by molar-refractivity contribution is 5.85. The van der Waals surface area contributed by atoms with E-state index < -0.39 is 0 Å². The van der Waals surface area contributed by atoms with Crippen LogP contribution in [-0.4, -0.2) is 75.8 Å². The van der Waals surface area contributed by atoms with Crippen LogP contribution in [0.3, 0.4) is 0 Å². The van der Waals surface area contributed by atoms with Crippen LogP contribution in [0.15, 0.2) is 42.9 Å². The number of amides is 2. The minimum absolute atomic E-state index is 0.0187. The molecule has 0 N–H and O–H groups in total. The zero-order valence-corrected chi connectivity index (χ0v) is 17.0. The van der Waals surface area contributed by atoms with Gasteiger partial charge in [-0.2, -0.15) is 0 Å². The Morgan fingerprint density at radius 2 is 1.77 bits per heavy atom. The topological polar surface area (TPSA) is 74.1 Å². The first-order valence-corrected chi connectivity index (χ1v) is 9.76. The average Bonchev–Trinajstić information content (AvgIpc) is 3.14. The second-order valence-electron chi connectivity index (χ2n) is 7.34. The van der Waals surface area contributed by atoms with Crippen molar-refractivity contribution in [2.24, 2.45) is 0 Å². The number of hydrogen-bond donors (Lipinski definition) is 0. The van der Waals surface area contributed by atoms with Crippen molar-refractivity contribution in [3.63, 3.8) is 0 Å². The zero-order chi connectivity index (χ0) is 21.3. The Kier molecular flexibility index (Phi) is 5.35. The fourth-order valence-corrected chi connectivity index (χ4v) is 3.71. The minimum atomic E-state index is -0.320. The number of carbonyl (C=O) groups excluding carboxylic acids is 2. The fraction of sp³-hybridized carbons (Fsp3) is 0.333. The highest BCUT2D eigenvalue weighted by Crippen LogP contribution is 2.31. The summed E-state index contributed by atoms with van der Waals surface area (Å²) in [5, 5.41) is 0. The van der Waals surface area contributed by atoms with Crippen LogP contribution in [0.2, 0.25) is 0 Å². The Morgan fingerprint density at radius 1 is 1.10 bits per heavy atom. The van der Waals surface area contributed by atoms with Crippen molar-refractivity contribution >= 4 is 23.3 Å². The molecule has 9 heteroatoms. The van der Waals surface area contributed by atoms with E-state index in [1.807, 2.05) is 16.3 Å². The number of hydrogen-bond acceptors (Lipinski definition) is 5. The van der Waals surface area contributed by atoms with Gasteiger partial charge in [0.15, 0.2) is 5.65 Å². The van der Waals surface area contributed by atoms with Gasteiger partial charge in [0.25, 0.3) is 0 Å². The summed E-state index contributed by atoms with van der Waals surface area (Å²) in [5.74, 6) is 0.422. The summed E-state index contributed by atoms with van der Waals surface area (Å²) in [6, 6.07) is 6.12. The predicted octanol–water partition coefficient (Wildman–Crippen LogP) is 1.66. The number of imidazole rings is 1. The van der Waals surface area contributed by atoms with Crippen LogP contribution in [0, 0.1) is 5.82 Å². The second kappa shape index (κ2) is 8.10. The number of likely N-dealkylation sites (N-methyl/N-ethyl adjacent to an activating group) is 1. The largest absolute Gasteiger partial charge is 0.350 e. The summed E-state index contributed by atoms with van der Waals surface area (Å²) in [4.78, 5) is 38.5. The van der Waals surface area contributed by atoms with Gasteiger partial charge >= 0.3 is 0 Å². The van der Waals surface area contributed by atoms with Crippen molar-refractivity contribution < 1.29 is 14.0 Å². The number of anilines is 1. The molecule has 3 aromatic rings. The molecule has 1 fully saturated rings. The van der Waals surface area contributed by atoms with Gasteiger partial charge in [-0.05, 0) is 24.3 Å². The van der Waals surface area contributed by atoms with Crippen LogP contribution in [-0.2, 0) is 9.59 Å². The van der Waals surface area contributed by atoms with Gasteiger partial charge in [-0.15, -0.1) is 0 Å². The molecule has 3 heterocycles. The molecular formula is C21H23FN6O2. The van der Waals surface area contributed by atoms with E-state index in [9.17, 15) is 14.0 Å². The summed E-state index contributed by atoms with van der Waals surface area (Å²) in [5.41, 5.74) is 2.05. The molecule has 30 heavy (non-hydrogen) atoms. The molecule has 156 valence electrons. The van der Waals surface area contributed by atoms with E-state index >= 15 is 0 Å². The van der Waals surface area contributed by atoms with E-state index in [0.29, 0.717) is 37.5 Å². The van der Waals surface area contributed by atoms with E-state index in [1.54, 1.807) is 47.4 Å². The van der Waals surface area contributed by atoms with Crippen molar-refractivity contribution in [3.05, 3.63) is 48.7 Å². The lowest BCUT2D eigenvalue weighted by atomic mass is 10.1. The van der Waals surface area contributed by atoms with Crippen LogP contribution in [0.25, 0.3) is 16.9 Å². The molecule has 1 saturated heterocycles. The van der Waals surface area contributed by atoms with Gasteiger partial charge in [0.1, 0.15) is 17.3 Å². The van der Waals surface area contributed by atoms with Gasteiger partial charge in [0, 0.05) is 58.1 Å². The normalized spacial score (nSPS) is 14.2. The summed E-state index contributed by atoms with van der Waals surface area (Å²) >= 11 is 0. The number of halogens is 1. The van der Waals surface area contributed by atoms with Gasteiger partial charge in [-0.25, -0.2) is 9.37 Å². The highest BCUT2D eigenvalue weighted by Gasteiger charge is 2.25. The lowest BCUT2D eigenvalue weighted by molar-refractivity contribution is -0.137. The number of fused-ring (bicyclic) bond motifs is 1. The van der Waals surface area contributed by atoms with Crippen LogP contribution in [0.1, 0.15) is 6.92 Å². The van der Waals surface area contributed by atoms with Crippen LogP contribution in [0.5, 0.6) is 0 Å². The lowest BCUT2D eigenvalue weighted by Gasteiger charge is -2.35.